The number of hydrogen-bond donors (Lipinski definition) is 1. The molecule has 0 aliphatic rings. The molecule has 0 rings (SSSR count). The molecular weight excluding hydrogens is 176 g/mol. The quantitative estimate of drug-likeness (QED) is 0.498. The molecular formula is C12H18O2. The Balaban J connectivity index is 4.02. The lowest BCUT2D eigenvalue weighted by molar-refractivity contribution is 0.0733. The molecule has 0 amide bonds. The number of rotatable bonds is 7. The highest BCUT2D eigenvalue weighted by Crippen LogP contribution is 2.02. The maximum Gasteiger partial charge on any atom is 0.118 e. The minimum atomic E-state index is -0.415. The molecule has 1 N–H and O–H groups in total. The van der Waals surface area contributed by atoms with Crippen LogP contribution in [0, 0.1) is 0 Å². The molecule has 0 radical (unpaired) electrons. The minimum absolute atomic E-state index is 0.302. The first-order valence-corrected chi connectivity index (χ1v) is 4.67. The van der Waals surface area contributed by atoms with Crippen LogP contribution in [0.4, 0.5) is 0 Å². The third-order valence-electron chi connectivity index (χ3n) is 1.62. The SMILES string of the molecule is C=C/C=C\C=C(/C=C)OCC(O)CC. The molecule has 0 fully saturated rings. The standard InChI is InChI=1S/C12H18O2/c1-4-7-8-9-12(6-3)14-10-11(13)5-2/h4,6-9,11,13H,1,3,5,10H2,2H3/b8-7-,12-9+. The van der Waals surface area contributed by atoms with Crippen molar-refractivity contribution in [2.45, 2.75) is 19.4 Å². The van der Waals surface area contributed by atoms with Gasteiger partial charge in [-0.25, -0.2) is 0 Å². The van der Waals surface area contributed by atoms with Gasteiger partial charge < -0.3 is 9.84 Å². The first-order valence-electron chi connectivity index (χ1n) is 4.67. The maximum absolute atomic E-state index is 9.25. The van der Waals surface area contributed by atoms with Crippen molar-refractivity contribution in [3.05, 3.63) is 49.3 Å². The lowest BCUT2D eigenvalue weighted by Crippen LogP contribution is -2.12. The normalized spacial score (nSPS) is 14.0. The van der Waals surface area contributed by atoms with Crippen molar-refractivity contribution in [3.63, 3.8) is 0 Å². The van der Waals surface area contributed by atoms with Crippen LogP contribution in [0.3, 0.4) is 0 Å². The molecule has 14 heavy (non-hydrogen) atoms. The summed E-state index contributed by atoms with van der Waals surface area (Å²) < 4.78 is 5.30. The molecule has 0 spiro atoms. The summed E-state index contributed by atoms with van der Waals surface area (Å²) in [6, 6.07) is 0. The van der Waals surface area contributed by atoms with Crippen LogP contribution in [0.25, 0.3) is 0 Å². The molecule has 0 aliphatic heterocycles. The summed E-state index contributed by atoms with van der Waals surface area (Å²) in [5, 5.41) is 9.25. The Bertz CT molecular complexity index is 226. The van der Waals surface area contributed by atoms with Crippen molar-refractivity contribution in [2.75, 3.05) is 6.61 Å². The van der Waals surface area contributed by atoms with Crippen molar-refractivity contribution < 1.29 is 9.84 Å². The van der Waals surface area contributed by atoms with E-state index in [4.69, 9.17) is 4.74 Å². The number of aliphatic hydroxyl groups is 1. The lowest BCUT2D eigenvalue weighted by Gasteiger charge is -2.10. The van der Waals surface area contributed by atoms with Gasteiger partial charge in [0.1, 0.15) is 12.4 Å². The molecule has 0 heterocycles. The zero-order chi connectivity index (χ0) is 10.8. The zero-order valence-corrected chi connectivity index (χ0v) is 8.65. The van der Waals surface area contributed by atoms with E-state index >= 15 is 0 Å². The average Bonchev–Trinajstić information content (AvgIpc) is 2.22. The van der Waals surface area contributed by atoms with Gasteiger partial charge in [-0.15, -0.1) is 0 Å². The van der Waals surface area contributed by atoms with E-state index in [1.54, 1.807) is 24.3 Å². The van der Waals surface area contributed by atoms with Crippen LogP contribution in [0.15, 0.2) is 49.3 Å². The molecule has 0 aromatic carbocycles. The molecule has 78 valence electrons. The predicted molar refractivity (Wildman–Crippen MR) is 59.9 cm³/mol. The van der Waals surface area contributed by atoms with E-state index < -0.39 is 6.10 Å². The monoisotopic (exact) mass is 194 g/mol. The summed E-state index contributed by atoms with van der Waals surface area (Å²) in [5.74, 6) is 0.649. The largest absolute Gasteiger partial charge is 0.491 e. The van der Waals surface area contributed by atoms with Crippen LogP contribution >= 0.6 is 0 Å². The highest BCUT2D eigenvalue weighted by Gasteiger charge is 2.00. The maximum atomic E-state index is 9.25. The number of aliphatic hydroxyl groups excluding tert-OH is 1. The number of ether oxygens (including phenoxy) is 1. The van der Waals surface area contributed by atoms with Crippen molar-refractivity contribution in [1.29, 1.82) is 0 Å². The van der Waals surface area contributed by atoms with Gasteiger partial charge in [0.25, 0.3) is 0 Å². The second-order valence-electron chi connectivity index (χ2n) is 2.77. The predicted octanol–water partition coefficient (Wildman–Crippen LogP) is 2.59. The fourth-order valence-corrected chi connectivity index (χ4v) is 0.714. The summed E-state index contributed by atoms with van der Waals surface area (Å²) in [6.07, 6.45) is 8.94. The van der Waals surface area contributed by atoms with Gasteiger partial charge in [-0.05, 0) is 18.6 Å². The molecule has 0 aromatic heterocycles. The van der Waals surface area contributed by atoms with E-state index in [1.165, 1.54) is 0 Å². The van der Waals surface area contributed by atoms with E-state index in [0.717, 1.165) is 0 Å². The van der Waals surface area contributed by atoms with Crippen molar-refractivity contribution >= 4 is 0 Å². The average molecular weight is 194 g/mol. The Kier molecular flexibility index (Phi) is 7.56. The first-order chi connectivity index (χ1) is 6.74. The van der Waals surface area contributed by atoms with Gasteiger partial charge in [-0.2, -0.15) is 0 Å². The highest BCUT2D eigenvalue weighted by molar-refractivity contribution is 5.18. The lowest BCUT2D eigenvalue weighted by atomic mass is 10.3. The van der Waals surface area contributed by atoms with E-state index in [0.29, 0.717) is 18.8 Å². The Hall–Kier alpha value is -1.28. The molecule has 2 nitrogen and oxygen atoms in total. The van der Waals surface area contributed by atoms with Gasteiger partial charge in [-0.1, -0.05) is 38.3 Å². The van der Waals surface area contributed by atoms with Crippen molar-refractivity contribution in [3.8, 4) is 0 Å². The van der Waals surface area contributed by atoms with Crippen LogP contribution in [0.2, 0.25) is 0 Å². The summed E-state index contributed by atoms with van der Waals surface area (Å²) in [7, 11) is 0. The molecule has 2 heteroatoms. The Labute approximate surface area is 85.9 Å². The van der Waals surface area contributed by atoms with E-state index in [-0.39, 0.29) is 0 Å². The first kappa shape index (κ1) is 12.7. The Morgan fingerprint density at radius 1 is 1.43 bits per heavy atom. The highest BCUT2D eigenvalue weighted by atomic mass is 16.5. The smallest absolute Gasteiger partial charge is 0.118 e. The fraction of sp³-hybridized carbons (Fsp3) is 0.333. The van der Waals surface area contributed by atoms with Crippen molar-refractivity contribution in [1.82, 2.24) is 0 Å². The summed E-state index contributed by atoms with van der Waals surface area (Å²) in [5.41, 5.74) is 0. The van der Waals surface area contributed by atoms with Crippen molar-refractivity contribution in [2.24, 2.45) is 0 Å². The van der Waals surface area contributed by atoms with Crippen LogP contribution in [0.5, 0.6) is 0 Å². The van der Waals surface area contributed by atoms with Crippen LogP contribution in [-0.4, -0.2) is 17.8 Å². The van der Waals surface area contributed by atoms with E-state index in [9.17, 15) is 5.11 Å². The summed E-state index contributed by atoms with van der Waals surface area (Å²) in [6.45, 7) is 9.36. The third kappa shape index (κ3) is 6.26. The summed E-state index contributed by atoms with van der Waals surface area (Å²) in [4.78, 5) is 0. The molecule has 0 aliphatic carbocycles. The Morgan fingerprint density at radius 2 is 2.14 bits per heavy atom. The van der Waals surface area contributed by atoms with E-state index in [1.807, 2.05) is 13.0 Å². The van der Waals surface area contributed by atoms with Gasteiger partial charge in [0.15, 0.2) is 0 Å². The number of hydrogen-bond acceptors (Lipinski definition) is 2. The minimum Gasteiger partial charge on any atom is -0.491 e. The van der Waals surface area contributed by atoms with E-state index in [2.05, 4.69) is 13.2 Å². The van der Waals surface area contributed by atoms with Gasteiger partial charge in [-0.3, -0.25) is 0 Å². The van der Waals surface area contributed by atoms with Crippen LogP contribution < -0.4 is 0 Å². The molecule has 0 saturated carbocycles. The van der Waals surface area contributed by atoms with Crippen LogP contribution in [-0.2, 0) is 4.74 Å². The van der Waals surface area contributed by atoms with Crippen LogP contribution in [0.1, 0.15) is 13.3 Å². The molecule has 0 aromatic rings. The topological polar surface area (TPSA) is 29.5 Å². The van der Waals surface area contributed by atoms with Gasteiger partial charge in [0.2, 0.25) is 0 Å². The second-order valence-corrected chi connectivity index (χ2v) is 2.77. The molecule has 0 bridgehead atoms. The second kappa shape index (κ2) is 8.32. The number of allylic oxidation sites excluding steroid dienone is 5. The van der Waals surface area contributed by atoms with Gasteiger partial charge in [0, 0.05) is 0 Å². The molecule has 1 unspecified atom stereocenters. The molecule has 1 atom stereocenters. The fourth-order valence-electron chi connectivity index (χ4n) is 0.714. The van der Waals surface area contributed by atoms with Gasteiger partial charge >= 0.3 is 0 Å². The van der Waals surface area contributed by atoms with Gasteiger partial charge in [0.05, 0.1) is 6.10 Å². The molecule has 0 saturated heterocycles. The zero-order valence-electron chi connectivity index (χ0n) is 8.65. The summed E-state index contributed by atoms with van der Waals surface area (Å²) >= 11 is 0. The third-order valence-corrected chi connectivity index (χ3v) is 1.62. The Morgan fingerprint density at radius 3 is 2.64 bits per heavy atom.